The van der Waals surface area contributed by atoms with Gasteiger partial charge in [0.1, 0.15) is 18.2 Å². The van der Waals surface area contributed by atoms with Crippen molar-refractivity contribution in [3.05, 3.63) is 142 Å². The number of aromatic nitrogens is 12. The third kappa shape index (κ3) is 8.73. The van der Waals surface area contributed by atoms with E-state index in [1.165, 1.54) is 0 Å². The molecule has 0 unspecified atom stereocenters. The van der Waals surface area contributed by atoms with Gasteiger partial charge in [0.2, 0.25) is 11.6 Å². The molecule has 2 N–H and O–H groups in total. The van der Waals surface area contributed by atoms with Crippen molar-refractivity contribution in [2.75, 3.05) is 0 Å². The monoisotopic (exact) mass is 826 g/mol. The molecule has 59 heavy (non-hydrogen) atoms. The van der Waals surface area contributed by atoms with Crippen LogP contribution < -0.4 is 0 Å². The normalized spacial score (nSPS) is 11.5. The Hall–Kier alpha value is -6.02. The molecule has 0 aliphatic carbocycles. The molecule has 0 radical (unpaired) electrons. The minimum Gasteiger partial charge on any atom is -0.390 e. The lowest BCUT2D eigenvalue weighted by Crippen LogP contribution is -2.13. The van der Waals surface area contributed by atoms with Crippen LogP contribution in [0.5, 0.6) is 0 Å². The largest absolute Gasteiger partial charge is 0.390 e. The first-order valence-corrected chi connectivity index (χ1v) is 20.7. The summed E-state index contributed by atoms with van der Waals surface area (Å²) in [6.45, 7) is 5.59. The maximum Gasteiger partial charge on any atom is 0.205 e. The molecule has 4 aromatic carbocycles. The fourth-order valence-electron chi connectivity index (χ4n) is 7.37. The number of aliphatic hydroxyl groups excluding tert-OH is 1. The fourth-order valence-corrected chi connectivity index (χ4v) is 7.89. The van der Waals surface area contributed by atoms with E-state index < -0.39 is 0 Å². The summed E-state index contributed by atoms with van der Waals surface area (Å²) in [7, 11) is 0. The SMILES string of the molecule is CCCCc1nc(Cl)c(CO)n1Cc1ccc(-c2ccccc2-c2nnn(Cc3c(Cl)nc(CCCC)n3Cc3ccc(-c4ccccc4-c4nn[nH]n4)cc3)n2)cc1. The number of hydrogen-bond donors (Lipinski definition) is 2. The highest BCUT2D eigenvalue weighted by Gasteiger charge is 2.20. The number of aromatic amines is 1. The molecule has 8 aromatic rings. The number of halogens is 2. The Balaban J connectivity index is 1.02. The van der Waals surface area contributed by atoms with Gasteiger partial charge in [-0.3, -0.25) is 0 Å². The van der Waals surface area contributed by atoms with Gasteiger partial charge in [-0.1, -0.05) is 147 Å². The van der Waals surface area contributed by atoms with E-state index in [-0.39, 0.29) is 6.61 Å². The highest BCUT2D eigenvalue weighted by atomic mass is 35.5. The van der Waals surface area contributed by atoms with Gasteiger partial charge < -0.3 is 14.2 Å². The molecule has 0 saturated heterocycles. The predicted molar refractivity (Wildman–Crippen MR) is 229 cm³/mol. The number of H-pyrrole nitrogens is 1. The van der Waals surface area contributed by atoms with Gasteiger partial charge in [-0.25, -0.2) is 9.97 Å². The van der Waals surface area contributed by atoms with Crippen LogP contribution in [0.3, 0.4) is 0 Å². The van der Waals surface area contributed by atoms with Gasteiger partial charge in [0.15, 0.2) is 10.3 Å². The second-order valence-corrected chi connectivity index (χ2v) is 15.1. The van der Waals surface area contributed by atoms with Crippen LogP contribution in [0, 0.1) is 0 Å². The number of benzene rings is 4. The highest BCUT2D eigenvalue weighted by Crippen LogP contribution is 2.32. The lowest BCUT2D eigenvalue weighted by molar-refractivity contribution is 0.271. The molecule has 8 rings (SSSR count). The minimum absolute atomic E-state index is 0.166. The fraction of sp³-hybridized carbons (Fsp3) is 0.273. The molecule has 0 aliphatic heterocycles. The molecular formula is C44H44Cl2N12O. The van der Waals surface area contributed by atoms with Gasteiger partial charge in [0.05, 0.1) is 18.0 Å². The number of aryl methyl sites for hydroxylation is 2. The van der Waals surface area contributed by atoms with E-state index in [1.807, 2.05) is 41.0 Å². The molecule has 0 amide bonds. The number of unbranched alkanes of at least 4 members (excludes halogenated alkanes) is 2. The van der Waals surface area contributed by atoms with Crippen molar-refractivity contribution in [3.8, 4) is 45.0 Å². The highest BCUT2D eigenvalue weighted by molar-refractivity contribution is 6.30. The summed E-state index contributed by atoms with van der Waals surface area (Å²) in [5, 5.41) is 39.4. The van der Waals surface area contributed by atoms with Crippen LogP contribution in [0.15, 0.2) is 97.1 Å². The summed E-state index contributed by atoms with van der Waals surface area (Å²) in [6.07, 6.45) is 5.68. The molecule has 0 bridgehead atoms. The maximum absolute atomic E-state index is 10.0. The van der Waals surface area contributed by atoms with Crippen LogP contribution in [-0.4, -0.2) is 65.0 Å². The zero-order valence-electron chi connectivity index (χ0n) is 32.9. The maximum atomic E-state index is 10.0. The molecule has 4 aromatic heterocycles. The van der Waals surface area contributed by atoms with E-state index >= 15 is 0 Å². The molecule has 4 heterocycles. The molecule has 0 fully saturated rings. The summed E-state index contributed by atoms with van der Waals surface area (Å²) in [4.78, 5) is 10.9. The molecular weight excluding hydrogens is 783 g/mol. The molecule has 0 aliphatic rings. The Bertz CT molecular complexity index is 2630. The number of rotatable bonds is 17. The van der Waals surface area contributed by atoms with E-state index in [2.05, 4.69) is 115 Å². The van der Waals surface area contributed by atoms with Gasteiger partial charge in [-0.2, -0.15) is 10.0 Å². The Morgan fingerprint density at radius 1 is 0.593 bits per heavy atom. The zero-order chi connectivity index (χ0) is 40.7. The van der Waals surface area contributed by atoms with Crippen LogP contribution >= 0.6 is 23.2 Å². The zero-order valence-corrected chi connectivity index (χ0v) is 34.4. The topological polar surface area (TPSA) is 154 Å². The molecule has 13 nitrogen and oxygen atoms in total. The third-order valence-corrected chi connectivity index (χ3v) is 11.1. The molecule has 0 atom stereocenters. The summed E-state index contributed by atoms with van der Waals surface area (Å²) >= 11 is 13.3. The first-order valence-electron chi connectivity index (χ1n) is 19.9. The van der Waals surface area contributed by atoms with Crippen LogP contribution in [0.2, 0.25) is 10.3 Å². The van der Waals surface area contributed by atoms with Crippen molar-refractivity contribution in [2.45, 2.75) is 78.6 Å². The van der Waals surface area contributed by atoms with Crippen molar-refractivity contribution in [1.29, 1.82) is 0 Å². The average Bonchev–Trinajstić information content (AvgIpc) is 4.08. The number of imidazole rings is 2. The Kier molecular flexibility index (Phi) is 12.3. The lowest BCUT2D eigenvalue weighted by Gasteiger charge is -2.13. The first kappa shape index (κ1) is 39.8. The number of tetrazole rings is 2. The number of nitrogens with zero attached hydrogens (tertiary/aromatic N) is 11. The van der Waals surface area contributed by atoms with Gasteiger partial charge in [0, 0.05) is 37.1 Å². The van der Waals surface area contributed by atoms with E-state index in [9.17, 15) is 5.11 Å². The van der Waals surface area contributed by atoms with E-state index in [4.69, 9.17) is 33.3 Å². The van der Waals surface area contributed by atoms with Crippen LogP contribution in [0.25, 0.3) is 45.0 Å². The van der Waals surface area contributed by atoms with Gasteiger partial charge >= 0.3 is 0 Å². The van der Waals surface area contributed by atoms with E-state index in [0.717, 1.165) is 100 Å². The molecule has 0 saturated carbocycles. The summed E-state index contributed by atoms with van der Waals surface area (Å²) in [5.74, 6) is 2.87. The van der Waals surface area contributed by atoms with E-state index in [0.29, 0.717) is 47.3 Å². The van der Waals surface area contributed by atoms with Crippen molar-refractivity contribution in [1.82, 2.24) is 59.9 Å². The number of nitrogens with one attached hydrogen (secondary N) is 1. The van der Waals surface area contributed by atoms with Gasteiger partial charge in [0.25, 0.3) is 0 Å². The van der Waals surface area contributed by atoms with Crippen molar-refractivity contribution < 1.29 is 5.11 Å². The second kappa shape index (κ2) is 18.3. The van der Waals surface area contributed by atoms with Crippen molar-refractivity contribution in [3.63, 3.8) is 0 Å². The second-order valence-electron chi connectivity index (χ2n) is 14.4. The standard InChI is InChI=1S/C44H44Cl2N12O/c1-3-5-15-39-47-41(45)37(56(39)25-29-17-21-31(22-18-29)33-11-7-9-13-35(33)43-49-53-54-50-43)27-58-52-44(51-55-58)36-14-10-8-12-34(36)32-23-19-30(20-24-32)26-57-38(28-59)42(46)48-40(57)16-6-4-2/h7-14,17-24,59H,3-6,15-16,25-28H2,1-2H3,(H,49,50,53,54). The lowest BCUT2D eigenvalue weighted by atomic mass is 9.98. The third-order valence-electron chi connectivity index (χ3n) is 10.5. The van der Waals surface area contributed by atoms with Crippen LogP contribution in [0.4, 0.5) is 0 Å². The minimum atomic E-state index is -0.166. The molecule has 15 heteroatoms. The quantitative estimate of drug-likeness (QED) is 0.0916. The Morgan fingerprint density at radius 2 is 1.10 bits per heavy atom. The van der Waals surface area contributed by atoms with Crippen molar-refractivity contribution >= 4 is 23.2 Å². The summed E-state index contributed by atoms with van der Waals surface area (Å²) < 4.78 is 4.22. The van der Waals surface area contributed by atoms with Gasteiger partial charge in [-0.05, 0) is 56.6 Å². The average molecular weight is 828 g/mol. The summed E-state index contributed by atoms with van der Waals surface area (Å²) in [5.41, 5.74) is 9.47. The van der Waals surface area contributed by atoms with Crippen LogP contribution in [0.1, 0.15) is 73.7 Å². The van der Waals surface area contributed by atoms with Crippen molar-refractivity contribution in [2.24, 2.45) is 0 Å². The Morgan fingerprint density at radius 3 is 1.61 bits per heavy atom. The van der Waals surface area contributed by atoms with Gasteiger partial charge in [-0.15, -0.1) is 20.4 Å². The Labute approximate surface area is 352 Å². The predicted octanol–water partition coefficient (Wildman–Crippen LogP) is 8.88. The number of aliphatic hydroxyl groups is 1. The smallest absolute Gasteiger partial charge is 0.205 e. The molecule has 0 spiro atoms. The number of hydrogen-bond acceptors (Lipinski definition) is 9. The molecule has 300 valence electrons. The first-order chi connectivity index (χ1) is 28.9. The van der Waals surface area contributed by atoms with E-state index in [1.54, 1.807) is 4.80 Å². The van der Waals surface area contributed by atoms with Crippen LogP contribution in [-0.2, 0) is 39.1 Å². The summed E-state index contributed by atoms with van der Waals surface area (Å²) in [6, 6.07) is 32.9.